The largest absolute Gasteiger partial charge is 0.450 e. The van der Waals surface area contributed by atoms with Crippen molar-refractivity contribution >= 4 is 17.3 Å². The fourth-order valence-corrected chi connectivity index (χ4v) is 2.14. The van der Waals surface area contributed by atoms with Crippen molar-refractivity contribution < 1.29 is 9.66 Å². The Bertz CT molecular complexity index is 674. The first-order valence-corrected chi connectivity index (χ1v) is 6.75. The average Bonchev–Trinajstić information content (AvgIpc) is 2.43. The molecule has 0 bridgehead atoms. The molecule has 0 heterocycles. The fourth-order valence-electron chi connectivity index (χ4n) is 1.98. The Balaban J connectivity index is 2.32. The van der Waals surface area contributed by atoms with E-state index in [-0.39, 0.29) is 11.4 Å². The highest BCUT2D eigenvalue weighted by molar-refractivity contribution is 6.30. The van der Waals surface area contributed by atoms with Crippen LogP contribution in [0.15, 0.2) is 36.4 Å². The molecule has 0 aliphatic rings. The van der Waals surface area contributed by atoms with Crippen LogP contribution in [-0.4, -0.2) is 12.0 Å². The summed E-state index contributed by atoms with van der Waals surface area (Å²) in [5.41, 5.74) is 1.88. The van der Waals surface area contributed by atoms with Crippen LogP contribution in [0, 0.1) is 17.0 Å². The van der Waals surface area contributed by atoms with Gasteiger partial charge in [-0.1, -0.05) is 23.7 Å². The number of nitro benzene ring substituents is 1. The van der Waals surface area contributed by atoms with E-state index in [0.29, 0.717) is 10.8 Å². The summed E-state index contributed by atoms with van der Waals surface area (Å²) in [6, 6.07) is 10.0. The van der Waals surface area contributed by atoms with Crippen molar-refractivity contribution in [2.45, 2.75) is 13.5 Å². The Hall–Kier alpha value is -2.11. The van der Waals surface area contributed by atoms with Crippen molar-refractivity contribution in [3.8, 4) is 11.5 Å². The summed E-state index contributed by atoms with van der Waals surface area (Å²) in [6.07, 6.45) is 0. The SMILES string of the molecule is CNCc1ccc(Oc2ccc(Cl)cc2[N+](=O)[O-])c(C)c1. The van der Waals surface area contributed by atoms with Crippen LogP contribution in [0.5, 0.6) is 11.5 Å². The number of aryl methyl sites for hydroxylation is 1. The Morgan fingerprint density at radius 2 is 1.95 bits per heavy atom. The van der Waals surface area contributed by atoms with E-state index >= 15 is 0 Å². The molecule has 6 heteroatoms. The normalized spacial score (nSPS) is 10.4. The van der Waals surface area contributed by atoms with E-state index < -0.39 is 4.92 Å². The molecular weight excluding hydrogens is 292 g/mol. The number of ether oxygens (including phenoxy) is 1. The highest BCUT2D eigenvalue weighted by Crippen LogP contribution is 2.34. The molecule has 0 atom stereocenters. The van der Waals surface area contributed by atoms with Crippen molar-refractivity contribution in [3.05, 3.63) is 62.7 Å². The second-order valence-corrected chi connectivity index (χ2v) is 5.04. The van der Waals surface area contributed by atoms with Gasteiger partial charge in [-0.3, -0.25) is 10.1 Å². The summed E-state index contributed by atoms with van der Waals surface area (Å²) in [4.78, 5) is 10.5. The van der Waals surface area contributed by atoms with Crippen LogP contribution in [0.1, 0.15) is 11.1 Å². The lowest BCUT2D eigenvalue weighted by Crippen LogP contribution is -2.05. The van der Waals surface area contributed by atoms with Crippen LogP contribution >= 0.6 is 11.6 Å². The molecular formula is C15H15ClN2O3. The van der Waals surface area contributed by atoms with Crippen LogP contribution in [0.2, 0.25) is 5.02 Å². The van der Waals surface area contributed by atoms with Gasteiger partial charge in [-0.05, 0) is 43.3 Å². The van der Waals surface area contributed by atoms with E-state index in [9.17, 15) is 10.1 Å². The van der Waals surface area contributed by atoms with E-state index in [1.54, 1.807) is 12.1 Å². The lowest BCUT2D eigenvalue weighted by atomic mass is 10.1. The van der Waals surface area contributed by atoms with Gasteiger partial charge in [0.1, 0.15) is 5.75 Å². The predicted octanol–water partition coefficient (Wildman–Crippen LogP) is 4.07. The number of nitrogens with one attached hydrogen (secondary N) is 1. The molecule has 2 rings (SSSR count). The predicted molar refractivity (Wildman–Crippen MR) is 82.1 cm³/mol. The molecule has 0 radical (unpaired) electrons. The standard InChI is InChI=1S/C15H15ClN2O3/c1-10-7-11(9-17-2)3-5-14(10)21-15-6-4-12(16)8-13(15)18(19)20/h3-8,17H,9H2,1-2H3. The van der Waals surface area contributed by atoms with Crippen LogP contribution < -0.4 is 10.1 Å². The third-order valence-corrected chi connectivity index (χ3v) is 3.19. The molecule has 0 aromatic heterocycles. The Morgan fingerprint density at radius 3 is 2.57 bits per heavy atom. The Labute approximate surface area is 127 Å². The lowest BCUT2D eigenvalue weighted by Gasteiger charge is -2.10. The second kappa shape index (κ2) is 6.56. The Morgan fingerprint density at radius 1 is 1.24 bits per heavy atom. The van der Waals surface area contributed by atoms with Crippen molar-refractivity contribution in [3.63, 3.8) is 0 Å². The minimum atomic E-state index is -0.508. The third-order valence-electron chi connectivity index (χ3n) is 2.96. The van der Waals surface area contributed by atoms with Crippen LogP contribution in [0.4, 0.5) is 5.69 Å². The highest BCUT2D eigenvalue weighted by atomic mass is 35.5. The molecule has 2 aromatic rings. The number of rotatable bonds is 5. The molecule has 0 spiro atoms. The zero-order chi connectivity index (χ0) is 15.4. The van der Waals surface area contributed by atoms with Gasteiger partial charge in [0.2, 0.25) is 5.75 Å². The summed E-state index contributed by atoms with van der Waals surface area (Å²) < 4.78 is 5.67. The van der Waals surface area contributed by atoms with E-state index in [4.69, 9.17) is 16.3 Å². The lowest BCUT2D eigenvalue weighted by molar-refractivity contribution is -0.385. The van der Waals surface area contributed by atoms with E-state index in [1.165, 1.54) is 12.1 Å². The van der Waals surface area contributed by atoms with Gasteiger partial charge in [0, 0.05) is 17.6 Å². The van der Waals surface area contributed by atoms with Gasteiger partial charge in [-0.25, -0.2) is 0 Å². The van der Waals surface area contributed by atoms with Crippen LogP contribution in [0.25, 0.3) is 0 Å². The highest BCUT2D eigenvalue weighted by Gasteiger charge is 2.17. The van der Waals surface area contributed by atoms with Crippen molar-refractivity contribution in [1.82, 2.24) is 5.32 Å². The fraction of sp³-hybridized carbons (Fsp3) is 0.200. The first-order chi connectivity index (χ1) is 10.0. The molecule has 0 amide bonds. The zero-order valence-corrected chi connectivity index (χ0v) is 12.5. The van der Waals surface area contributed by atoms with E-state index in [1.807, 2.05) is 26.1 Å². The quantitative estimate of drug-likeness (QED) is 0.668. The van der Waals surface area contributed by atoms with Gasteiger partial charge < -0.3 is 10.1 Å². The molecule has 21 heavy (non-hydrogen) atoms. The third kappa shape index (κ3) is 3.71. The monoisotopic (exact) mass is 306 g/mol. The number of halogens is 1. The molecule has 2 aromatic carbocycles. The van der Waals surface area contributed by atoms with Crippen LogP contribution in [-0.2, 0) is 6.54 Å². The summed E-state index contributed by atoms with van der Waals surface area (Å²) in [6.45, 7) is 2.65. The second-order valence-electron chi connectivity index (χ2n) is 4.60. The van der Waals surface area contributed by atoms with Gasteiger partial charge in [-0.15, -0.1) is 0 Å². The van der Waals surface area contributed by atoms with Gasteiger partial charge in [0.15, 0.2) is 0 Å². The average molecular weight is 307 g/mol. The first kappa shape index (κ1) is 15.3. The Kier molecular flexibility index (Phi) is 4.77. The minimum absolute atomic E-state index is 0.152. The maximum absolute atomic E-state index is 11.0. The number of nitro groups is 1. The number of nitrogens with zero attached hydrogens (tertiary/aromatic N) is 1. The molecule has 0 saturated heterocycles. The summed E-state index contributed by atoms with van der Waals surface area (Å²) in [5, 5.41) is 14.4. The van der Waals surface area contributed by atoms with Gasteiger partial charge in [0.25, 0.3) is 0 Å². The minimum Gasteiger partial charge on any atom is -0.450 e. The maximum Gasteiger partial charge on any atom is 0.313 e. The van der Waals surface area contributed by atoms with Crippen molar-refractivity contribution in [2.24, 2.45) is 0 Å². The topological polar surface area (TPSA) is 64.4 Å². The summed E-state index contributed by atoms with van der Waals surface area (Å²) in [5.74, 6) is 0.758. The number of hydrogen-bond acceptors (Lipinski definition) is 4. The maximum atomic E-state index is 11.0. The molecule has 0 saturated carbocycles. The molecule has 0 aliphatic heterocycles. The molecule has 1 N–H and O–H groups in total. The van der Waals surface area contributed by atoms with E-state index in [2.05, 4.69) is 5.32 Å². The molecule has 110 valence electrons. The van der Waals surface area contributed by atoms with Crippen molar-refractivity contribution in [1.29, 1.82) is 0 Å². The number of benzene rings is 2. The van der Waals surface area contributed by atoms with E-state index in [0.717, 1.165) is 17.7 Å². The van der Waals surface area contributed by atoms with Gasteiger partial charge >= 0.3 is 5.69 Å². The van der Waals surface area contributed by atoms with Gasteiger partial charge in [0.05, 0.1) is 4.92 Å². The first-order valence-electron chi connectivity index (χ1n) is 6.37. The number of hydrogen-bond donors (Lipinski definition) is 1. The molecule has 0 unspecified atom stereocenters. The zero-order valence-electron chi connectivity index (χ0n) is 11.7. The van der Waals surface area contributed by atoms with Crippen molar-refractivity contribution in [2.75, 3.05) is 7.05 Å². The molecule has 0 aliphatic carbocycles. The molecule has 5 nitrogen and oxygen atoms in total. The summed E-state index contributed by atoms with van der Waals surface area (Å²) >= 11 is 5.78. The summed E-state index contributed by atoms with van der Waals surface area (Å²) in [7, 11) is 1.87. The van der Waals surface area contributed by atoms with Gasteiger partial charge in [-0.2, -0.15) is 0 Å². The smallest absolute Gasteiger partial charge is 0.313 e. The molecule has 0 fully saturated rings. The van der Waals surface area contributed by atoms with Crippen LogP contribution in [0.3, 0.4) is 0 Å².